The van der Waals surface area contributed by atoms with Gasteiger partial charge in [-0.1, -0.05) is 24.3 Å². The highest BCUT2D eigenvalue weighted by atomic mass is 16.5. The highest BCUT2D eigenvalue weighted by Crippen LogP contribution is 2.38. The average molecular weight is 373 g/mol. The number of anilines is 2. The molecule has 0 aromatic heterocycles. The smallest absolute Gasteiger partial charge is 0.198 e. The highest BCUT2D eigenvalue weighted by Gasteiger charge is 2.34. The molecule has 0 unspecified atom stereocenters. The van der Waals surface area contributed by atoms with Crippen LogP contribution in [-0.4, -0.2) is 25.3 Å². The molecule has 5 heteroatoms. The van der Waals surface area contributed by atoms with Gasteiger partial charge in [-0.25, -0.2) is 0 Å². The first-order chi connectivity index (χ1) is 13.6. The number of hydrogen-bond acceptors (Lipinski definition) is 5. The van der Waals surface area contributed by atoms with Gasteiger partial charge in [0.15, 0.2) is 11.6 Å². The third-order valence-corrected chi connectivity index (χ3v) is 4.71. The first-order valence-corrected chi connectivity index (χ1v) is 9.03. The van der Waals surface area contributed by atoms with E-state index in [1.807, 2.05) is 31.2 Å². The maximum absolute atomic E-state index is 13.3. The van der Waals surface area contributed by atoms with E-state index in [1.165, 1.54) is 0 Å². The molecular formula is C23H19NO4. The van der Waals surface area contributed by atoms with Crippen LogP contribution in [0.25, 0.3) is 0 Å². The number of benzene rings is 3. The lowest BCUT2D eigenvalue weighted by Crippen LogP contribution is -2.23. The molecule has 0 spiro atoms. The van der Waals surface area contributed by atoms with E-state index in [0.717, 1.165) is 11.4 Å². The van der Waals surface area contributed by atoms with Crippen molar-refractivity contribution in [3.8, 4) is 11.5 Å². The van der Waals surface area contributed by atoms with Crippen molar-refractivity contribution in [2.75, 3.05) is 19.0 Å². The molecule has 4 rings (SSSR count). The van der Waals surface area contributed by atoms with Crippen molar-refractivity contribution >= 4 is 22.9 Å². The molecular weight excluding hydrogens is 354 g/mol. The lowest BCUT2D eigenvalue weighted by Gasteiger charge is -2.23. The van der Waals surface area contributed by atoms with Gasteiger partial charge in [-0.2, -0.15) is 0 Å². The summed E-state index contributed by atoms with van der Waals surface area (Å²) < 4.78 is 10.8. The number of ketones is 2. The van der Waals surface area contributed by atoms with Crippen molar-refractivity contribution in [1.82, 2.24) is 0 Å². The summed E-state index contributed by atoms with van der Waals surface area (Å²) in [5.74, 6) is 0.764. The molecule has 1 aliphatic rings. The van der Waals surface area contributed by atoms with Gasteiger partial charge in [-0.3, -0.25) is 9.59 Å². The SMILES string of the molecule is CCOc1ccc(Nc2ccc(OC)cc2)c2c1C(=O)c1ccccc1C2=O. The van der Waals surface area contributed by atoms with Crippen LogP contribution < -0.4 is 14.8 Å². The third-order valence-electron chi connectivity index (χ3n) is 4.71. The molecule has 0 atom stereocenters. The van der Waals surface area contributed by atoms with Crippen molar-refractivity contribution in [2.24, 2.45) is 0 Å². The van der Waals surface area contributed by atoms with E-state index in [-0.39, 0.29) is 11.6 Å². The molecule has 0 bridgehead atoms. The van der Waals surface area contributed by atoms with E-state index in [2.05, 4.69) is 5.32 Å². The van der Waals surface area contributed by atoms with E-state index in [9.17, 15) is 9.59 Å². The minimum absolute atomic E-state index is 0.192. The number of hydrogen-bond donors (Lipinski definition) is 1. The van der Waals surface area contributed by atoms with Crippen LogP contribution in [0, 0.1) is 0 Å². The molecule has 1 N–H and O–H groups in total. The first kappa shape index (κ1) is 17.8. The van der Waals surface area contributed by atoms with Crippen LogP contribution >= 0.6 is 0 Å². The van der Waals surface area contributed by atoms with E-state index in [1.54, 1.807) is 43.5 Å². The molecule has 0 aliphatic heterocycles. The predicted molar refractivity (Wildman–Crippen MR) is 107 cm³/mol. The third kappa shape index (κ3) is 2.91. The number of fused-ring (bicyclic) bond motifs is 2. The maximum atomic E-state index is 13.3. The summed E-state index contributed by atoms with van der Waals surface area (Å²) in [4.78, 5) is 26.4. The summed E-state index contributed by atoms with van der Waals surface area (Å²) in [6.07, 6.45) is 0. The van der Waals surface area contributed by atoms with Gasteiger partial charge in [0.1, 0.15) is 11.5 Å². The van der Waals surface area contributed by atoms with E-state index < -0.39 is 0 Å². The average Bonchev–Trinajstić information content (AvgIpc) is 2.73. The van der Waals surface area contributed by atoms with Gasteiger partial charge in [0, 0.05) is 16.8 Å². The van der Waals surface area contributed by atoms with Crippen molar-refractivity contribution in [3.63, 3.8) is 0 Å². The summed E-state index contributed by atoms with van der Waals surface area (Å²) in [7, 11) is 1.60. The molecule has 3 aromatic rings. The van der Waals surface area contributed by atoms with Gasteiger partial charge in [0.25, 0.3) is 0 Å². The number of methoxy groups -OCH3 is 1. The molecule has 0 radical (unpaired) electrons. The number of carbonyl (C=O) groups excluding carboxylic acids is 2. The second kappa shape index (κ2) is 7.19. The zero-order chi connectivity index (χ0) is 19.7. The van der Waals surface area contributed by atoms with Gasteiger partial charge in [0.2, 0.25) is 0 Å². The molecule has 0 heterocycles. The Morgan fingerprint density at radius 3 is 2.07 bits per heavy atom. The van der Waals surface area contributed by atoms with Gasteiger partial charge in [0.05, 0.1) is 30.5 Å². The topological polar surface area (TPSA) is 64.6 Å². The summed E-state index contributed by atoms with van der Waals surface area (Å²) >= 11 is 0. The van der Waals surface area contributed by atoms with Crippen LogP contribution in [0.2, 0.25) is 0 Å². The van der Waals surface area contributed by atoms with Gasteiger partial charge in [-0.15, -0.1) is 0 Å². The Bertz CT molecular complexity index is 1070. The Labute approximate surface area is 162 Å². The van der Waals surface area contributed by atoms with Crippen molar-refractivity contribution in [1.29, 1.82) is 0 Å². The summed E-state index contributed by atoms with van der Waals surface area (Å²) in [6.45, 7) is 2.25. The van der Waals surface area contributed by atoms with E-state index >= 15 is 0 Å². The fourth-order valence-corrected chi connectivity index (χ4v) is 3.40. The minimum atomic E-state index is -0.202. The Balaban J connectivity index is 1.85. The van der Waals surface area contributed by atoms with Gasteiger partial charge in [-0.05, 0) is 43.3 Å². The van der Waals surface area contributed by atoms with Crippen molar-refractivity contribution in [2.45, 2.75) is 6.92 Å². The zero-order valence-corrected chi connectivity index (χ0v) is 15.6. The largest absolute Gasteiger partial charge is 0.497 e. The molecule has 28 heavy (non-hydrogen) atoms. The van der Waals surface area contributed by atoms with Crippen molar-refractivity contribution in [3.05, 3.63) is 82.9 Å². The monoisotopic (exact) mass is 373 g/mol. The standard InChI is InChI=1S/C23H19NO4/c1-3-28-19-13-12-18(24-14-8-10-15(27-2)11-9-14)20-21(19)23(26)17-7-5-4-6-16(17)22(20)25/h4-13,24H,3H2,1-2H3. The van der Waals surface area contributed by atoms with Crippen molar-refractivity contribution < 1.29 is 19.1 Å². The quantitative estimate of drug-likeness (QED) is 0.553. The highest BCUT2D eigenvalue weighted by molar-refractivity contribution is 6.31. The number of carbonyl (C=O) groups is 2. The zero-order valence-electron chi connectivity index (χ0n) is 15.6. The Hall–Kier alpha value is -3.60. The van der Waals surface area contributed by atoms with Crippen LogP contribution in [-0.2, 0) is 0 Å². The molecule has 0 saturated heterocycles. The summed E-state index contributed by atoms with van der Waals surface area (Å²) in [6, 6.07) is 17.7. The lowest BCUT2D eigenvalue weighted by molar-refractivity contribution is 0.0976. The van der Waals surface area contributed by atoms with Crippen LogP contribution in [0.3, 0.4) is 0 Å². The van der Waals surface area contributed by atoms with Crippen LogP contribution in [0.5, 0.6) is 11.5 Å². The maximum Gasteiger partial charge on any atom is 0.198 e. The molecule has 3 aromatic carbocycles. The van der Waals surface area contributed by atoms with E-state index in [4.69, 9.17) is 9.47 Å². The second-order valence-electron chi connectivity index (χ2n) is 6.35. The van der Waals surface area contributed by atoms with Crippen LogP contribution in [0.4, 0.5) is 11.4 Å². The molecule has 1 aliphatic carbocycles. The Kier molecular flexibility index (Phi) is 4.57. The lowest BCUT2D eigenvalue weighted by atomic mass is 9.82. The molecule has 140 valence electrons. The molecule has 5 nitrogen and oxygen atoms in total. The van der Waals surface area contributed by atoms with Gasteiger partial charge < -0.3 is 14.8 Å². The summed E-state index contributed by atoms with van der Waals surface area (Å²) in [5, 5.41) is 3.25. The Morgan fingerprint density at radius 1 is 0.821 bits per heavy atom. The fraction of sp³-hybridized carbons (Fsp3) is 0.130. The first-order valence-electron chi connectivity index (χ1n) is 9.03. The van der Waals surface area contributed by atoms with Crippen LogP contribution in [0.15, 0.2) is 60.7 Å². The minimum Gasteiger partial charge on any atom is -0.497 e. The molecule has 0 amide bonds. The molecule has 0 fully saturated rings. The Morgan fingerprint density at radius 2 is 1.46 bits per heavy atom. The van der Waals surface area contributed by atoms with Gasteiger partial charge >= 0.3 is 0 Å². The van der Waals surface area contributed by atoms with Crippen LogP contribution in [0.1, 0.15) is 38.8 Å². The molecule has 0 saturated carbocycles. The summed E-state index contributed by atoms with van der Waals surface area (Å²) in [5.41, 5.74) is 2.81. The normalized spacial score (nSPS) is 12.2. The predicted octanol–water partition coefficient (Wildman–Crippen LogP) is 4.61. The number of nitrogens with one attached hydrogen (secondary N) is 1. The second-order valence-corrected chi connectivity index (χ2v) is 6.35. The fourth-order valence-electron chi connectivity index (χ4n) is 3.40. The van der Waals surface area contributed by atoms with E-state index in [0.29, 0.717) is 40.3 Å². The number of rotatable bonds is 5. The number of ether oxygens (including phenoxy) is 2.